The van der Waals surface area contributed by atoms with E-state index >= 15 is 0 Å². The van der Waals surface area contributed by atoms with Gasteiger partial charge in [0.25, 0.3) is 5.91 Å². The predicted molar refractivity (Wildman–Crippen MR) is 94.8 cm³/mol. The summed E-state index contributed by atoms with van der Waals surface area (Å²) < 4.78 is 0.904. The summed E-state index contributed by atoms with van der Waals surface area (Å²) in [6.07, 6.45) is -0.790. The van der Waals surface area contributed by atoms with Crippen LogP contribution in [0.5, 0.6) is 0 Å². The first-order valence-corrected chi connectivity index (χ1v) is 9.03. The number of para-hydroxylation sites is 1. The molecule has 0 radical (unpaired) electrons. The highest BCUT2D eigenvalue weighted by Gasteiger charge is 2.21. The Morgan fingerprint density at radius 1 is 1.24 bits per heavy atom. The topological polar surface area (TPSA) is 49.3 Å². The molecule has 1 aromatic rings. The molecule has 0 aromatic heterocycles. The molecule has 1 amide bonds. The molecule has 1 unspecified atom stereocenters. The molecular weight excluding hydrogens is 302 g/mol. The van der Waals surface area contributed by atoms with Crippen LogP contribution in [0.15, 0.2) is 34.1 Å². The molecule has 0 saturated carbocycles. The maximum atomic E-state index is 12.5. The summed E-state index contributed by atoms with van der Waals surface area (Å²) in [4.78, 5) is 12.5. The lowest BCUT2D eigenvalue weighted by molar-refractivity contribution is -0.113. The van der Waals surface area contributed by atoms with Crippen LogP contribution in [0.25, 0.3) is 0 Å². The first kappa shape index (κ1) is 18.1. The van der Waals surface area contributed by atoms with Gasteiger partial charge in [0, 0.05) is 5.69 Å². The van der Waals surface area contributed by atoms with Crippen molar-refractivity contribution in [2.24, 2.45) is 0 Å². The van der Waals surface area contributed by atoms with Crippen LogP contribution >= 0.6 is 23.5 Å². The van der Waals surface area contributed by atoms with E-state index in [2.05, 4.69) is 5.32 Å². The summed E-state index contributed by atoms with van der Waals surface area (Å²) in [6, 6.07) is 7.63. The van der Waals surface area contributed by atoms with Crippen LogP contribution in [-0.2, 0) is 4.79 Å². The van der Waals surface area contributed by atoms with Gasteiger partial charge in [-0.3, -0.25) is 4.79 Å². The SMILES string of the molecule is CCSC(SCC)=C(C(=O)Nc1ccccc1C)C(C)O. The van der Waals surface area contributed by atoms with Crippen molar-refractivity contribution < 1.29 is 9.90 Å². The monoisotopic (exact) mass is 325 g/mol. The summed E-state index contributed by atoms with van der Waals surface area (Å²) in [6.45, 7) is 7.67. The van der Waals surface area contributed by atoms with Gasteiger partial charge in [0.05, 0.1) is 15.9 Å². The van der Waals surface area contributed by atoms with Crippen molar-refractivity contribution in [2.45, 2.75) is 33.8 Å². The van der Waals surface area contributed by atoms with Crippen molar-refractivity contribution in [1.82, 2.24) is 0 Å². The smallest absolute Gasteiger partial charge is 0.255 e. The number of hydrogen-bond acceptors (Lipinski definition) is 4. The van der Waals surface area contributed by atoms with E-state index in [-0.39, 0.29) is 5.91 Å². The Balaban J connectivity index is 3.07. The largest absolute Gasteiger partial charge is 0.388 e. The van der Waals surface area contributed by atoms with Crippen LogP contribution in [0, 0.1) is 6.92 Å². The zero-order chi connectivity index (χ0) is 15.8. The predicted octanol–water partition coefficient (Wildman–Crippen LogP) is 4.03. The van der Waals surface area contributed by atoms with Crippen LogP contribution in [0.2, 0.25) is 0 Å². The van der Waals surface area contributed by atoms with E-state index in [0.29, 0.717) is 5.57 Å². The zero-order valence-electron chi connectivity index (χ0n) is 13.0. The number of aliphatic hydroxyl groups is 1. The third kappa shape index (κ3) is 5.41. The second kappa shape index (κ2) is 9.18. The summed E-state index contributed by atoms with van der Waals surface area (Å²) >= 11 is 3.20. The van der Waals surface area contributed by atoms with Gasteiger partial charge in [0.1, 0.15) is 0 Å². The van der Waals surface area contributed by atoms with E-state index in [0.717, 1.165) is 27.0 Å². The van der Waals surface area contributed by atoms with Gasteiger partial charge in [-0.2, -0.15) is 0 Å². The molecule has 0 spiro atoms. The van der Waals surface area contributed by atoms with Gasteiger partial charge in [-0.1, -0.05) is 32.0 Å². The Morgan fingerprint density at radius 2 is 1.81 bits per heavy atom. The lowest BCUT2D eigenvalue weighted by Gasteiger charge is -2.17. The number of benzene rings is 1. The molecule has 1 aromatic carbocycles. The molecule has 0 aliphatic carbocycles. The number of rotatable bonds is 7. The number of hydrogen-bond donors (Lipinski definition) is 2. The van der Waals surface area contributed by atoms with Crippen molar-refractivity contribution in [3.05, 3.63) is 39.6 Å². The average molecular weight is 325 g/mol. The fraction of sp³-hybridized carbons (Fsp3) is 0.438. The lowest BCUT2D eigenvalue weighted by atomic mass is 10.1. The molecule has 0 heterocycles. The summed E-state index contributed by atoms with van der Waals surface area (Å²) in [5.41, 5.74) is 2.24. The zero-order valence-corrected chi connectivity index (χ0v) is 14.6. The van der Waals surface area contributed by atoms with Gasteiger partial charge in [0.2, 0.25) is 0 Å². The van der Waals surface area contributed by atoms with Crippen LogP contribution in [-0.4, -0.2) is 28.6 Å². The minimum absolute atomic E-state index is 0.226. The van der Waals surface area contributed by atoms with Crippen LogP contribution < -0.4 is 5.32 Å². The first-order valence-electron chi connectivity index (χ1n) is 7.06. The van der Waals surface area contributed by atoms with Crippen molar-refractivity contribution in [1.29, 1.82) is 0 Å². The fourth-order valence-electron chi connectivity index (χ4n) is 1.82. The Morgan fingerprint density at radius 3 is 2.29 bits per heavy atom. The second-order valence-electron chi connectivity index (χ2n) is 4.51. The van der Waals surface area contributed by atoms with Crippen LogP contribution in [0.3, 0.4) is 0 Å². The third-order valence-corrected chi connectivity index (χ3v) is 5.08. The number of carbonyl (C=O) groups is 1. The van der Waals surface area contributed by atoms with Crippen molar-refractivity contribution >= 4 is 35.1 Å². The number of aryl methyl sites for hydroxylation is 1. The second-order valence-corrected chi connectivity index (χ2v) is 7.32. The van der Waals surface area contributed by atoms with E-state index in [1.54, 1.807) is 30.4 Å². The summed E-state index contributed by atoms with van der Waals surface area (Å²) in [5.74, 6) is 1.52. The molecule has 1 atom stereocenters. The third-order valence-electron chi connectivity index (χ3n) is 2.83. The van der Waals surface area contributed by atoms with Crippen molar-refractivity contribution in [3.8, 4) is 0 Å². The van der Waals surface area contributed by atoms with Gasteiger partial charge in [-0.05, 0) is 37.0 Å². The maximum absolute atomic E-state index is 12.5. The fourth-order valence-corrected chi connectivity index (χ4v) is 4.22. The van der Waals surface area contributed by atoms with E-state index in [1.165, 1.54) is 0 Å². The molecular formula is C16H23NO2S2. The lowest BCUT2D eigenvalue weighted by Crippen LogP contribution is -2.23. The van der Waals surface area contributed by atoms with Gasteiger partial charge in [-0.25, -0.2) is 0 Å². The standard InChI is InChI=1S/C16H23NO2S2/c1-5-20-16(21-6-2)14(12(4)18)15(19)17-13-10-8-7-9-11(13)3/h7-10,12,18H,5-6H2,1-4H3,(H,17,19). The number of nitrogens with one attached hydrogen (secondary N) is 1. The van der Waals surface area contributed by atoms with Crippen LogP contribution in [0.1, 0.15) is 26.3 Å². The molecule has 0 saturated heterocycles. The minimum atomic E-state index is -0.790. The number of carbonyl (C=O) groups excluding carboxylic acids is 1. The number of thioether (sulfide) groups is 2. The van der Waals surface area contributed by atoms with E-state index in [1.807, 2.05) is 45.0 Å². The molecule has 5 heteroatoms. The Kier molecular flexibility index (Phi) is 7.93. The molecule has 1 rings (SSSR count). The van der Waals surface area contributed by atoms with E-state index in [9.17, 15) is 9.90 Å². The summed E-state index contributed by atoms with van der Waals surface area (Å²) in [7, 11) is 0. The highest BCUT2D eigenvalue weighted by Crippen LogP contribution is 2.33. The highest BCUT2D eigenvalue weighted by atomic mass is 32.2. The minimum Gasteiger partial charge on any atom is -0.388 e. The quantitative estimate of drug-likeness (QED) is 0.743. The average Bonchev–Trinajstić information content (AvgIpc) is 2.41. The van der Waals surface area contributed by atoms with Gasteiger partial charge in [0.15, 0.2) is 0 Å². The van der Waals surface area contributed by atoms with Gasteiger partial charge < -0.3 is 10.4 Å². The Labute approximate surface area is 135 Å². The van der Waals surface area contributed by atoms with Crippen molar-refractivity contribution in [3.63, 3.8) is 0 Å². The molecule has 0 bridgehead atoms. The maximum Gasteiger partial charge on any atom is 0.255 e. The molecule has 116 valence electrons. The number of aliphatic hydroxyl groups excluding tert-OH is 1. The molecule has 0 aliphatic rings. The Hall–Kier alpha value is -0.910. The van der Waals surface area contributed by atoms with Crippen LogP contribution in [0.4, 0.5) is 5.69 Å². The molecule has 0 fully saturated rings. The number of anilines is 1. The molecule has 2 N–H and O–H groups in total. The molecule has 21 heavy (non-hydrogen) atoms. The Bertz CT molecular complexity index is 505. The highest BCUT2D eigenvalue weighted by molar-refractivity contribution is 8.22. The van der Waals surface area contributed by atoms with Crippen molar-refractivity contribution in [2.75, 3.05) is 16.8 Å². The summed E-state index contributed by atoms with van der Waals surface area (Å²) in [5, 5.41) is 12.9. The van der Waals surface area contributed by atoms with E-state index < -0.39 is 6.10 Å². The van der Waals surface area contributed by atoms with Gasteiger partial charge in [-0.15, -0.1) is 23.5 Å². The molecule has 3 nitrogen and oxygen atoms in total. The number of amides is 1. The molecule has 0 aliphatic heterocycles. The normalized spacial score (nSPS) is 11.9. The first-order chi connectivity index (χ1) is 10.0. The van der Waals surface area contributed by atoms with Gasteiger partial charge >= 0.3 is 0 Å². The van der Waals surface area contributed by atoms with E-state index in [4.69, 9.17) is 0 Å².